The van der Waals surface area contributed by atoms with Crippen LogP contribution in [0.5, 0.6) is 0 Å². The van der Waals surface area contributed by atoms with E-state index >= 15 is 0 Å². The number of nitrogens with zero attached hydrogens (tertiary/aromatic N) is 4. The third-order valence-electron chi connectivity index (χ3n) is 2.52. The predicted octanol–water partition coefficient (Wildman–Crippen LogP) is 3.14. The van der Waals surface area contributed by atoms with Crippen molar-refractivity contribution in [3.05, 3.63) is 43.0 Å². The summed E-state index contributed by atoms with van der Waals surface area (Å²) in [5.41, 5.74) is 1.01. The average Bonchev–Trinajstić information content (AvgIpc) is 2.83. The molecule has 0 saturated heterocycles. The SMILES string of the molecule is C=CCn1c(S[C@@H](C)C#N)nnc1-c1ccccc1. The second-order valence-corrected chi connectivity index (χ2v) is 5.27. The van der Waals surface area contributed by atoms with Gasteiger partial charge < -0.3 is 0 Å². The molecular weight excluding hydrogens is 256 g/mol. The number of aromatic nitrogens is 3. The van der Waals surface area contributed by atoms with Crippen LogP contribution in [0.2, 0.25) is 0 Å². The molecule has 0 aliphatic rings. The zero-order valence-electron chi connectivity index (χ0n) is 10.7. The molecule has 0 bridgehead atoms. The Hall–Kier alpha value is -2.06. The molecule has 1 heterocycles. The van der Waals surface area contributed by atoms with Gasteiger partial charge in [-0.2, -0.15) is 5.26 Å². The van der Waals surface area contributed by atoms with Crippen molar-refractivity contribution >= 4 is 11.8 Å². The summed E-state index contributed by atoms with van der Waals surface area (Å²) in [5.74, 6) is 0.799. The highest BCUT2D eigenvalue weighted by atomic mass is 32.2. The average molecular weight is 270 g/mol. The Labute approximate surface area is 116 Å². The topological polar surface area (TPSA) is 54.5 Å². The smallest absolute Gasteiger partial charge is 0.193 e. The predicted molar refractivity (Wildman–Crippen MR) is 76.6 cm³/mol. The Morgan fingerprint density at radius 2 is 2.16 bits per heavy atom. The second-order valence-electron chi connectivity index (χ2n) is 3.96. The lowest BCUT2D eigenvalue weighted by atomic mass is 10.2. The normalized spacial score (nSPS) is 11.8. The van der Waals surface area contributed by atoms with Crippen molar-refractivity contribution in [2.24, 2.45) is 0 Å². The van der Waals surface area contributed by atoms with Crippen molar-refractivity contribution in [1.82, 2.24) is 14.8 Å². The molecule has 1 aromatic carbocycles. The highest BCUT2D eigenvalue weighted by molar-refractivity contribution is 8.00. The van der Waals surface area contributed by atoms with Crippen molar-refractivity contribution in [3.8, 4) is 17.5 Å². The van der Waals surface area contributed by atoms with Crippen LogP contribution in [0.4, 0.5) is 0 Å². The highest BCUT2D eigenvalue weighted by Crippen LogP contribution is 2.26. The van der Waals surface area contributed by atoms with E-state index in [1.807, 2.05) is 41.8 Å². The van der Waals surface area contributed by atoms with Gasteiger partial charge in [0.05, 0.1) is 11.3 Å². The van der Waals surface area contributed by atoms with E-state index in [1.165, 1.54) is 11.8 Å². The summed E-state index contributed by atoms with van der Waals surface area (Å²) in [6.45, 7) is 6.23. The molecular formula is C14H14N4S. The van der Waals surface area contributed by atoms with Crippen molar-refractivity contribution in [2.45, 2.75) is 23.9 Å². The summed E-state index contributed by atoms with van der Waals surface area (Å²) >= 11 is 1.41. The third kappa shape index (κ3) is 3.04. The lowest BCUT2D eigenvalue weighted by molar-refractivity contribution is 0.730. The lowest BCUT2D eigenvalue weighted by Crippen LogP contribution is -2.02. The molecule has 19 heavy (non-hydrogen) atoms. The first kappa shape index (κ1) is 13.4. The Morgan fingerprint density at radius 1 is 1.42 bits per heavy atom. The molecule has 0 aliphatic heterocycles. The minimum Gasteiger partial charge on any atom is -0.298 e. The van der Waals surface area contributed by atoms with Crippen LogP contribution >= 0.6 is 11.8 Å². The lowest BCUT2D eigenvalue weighted by Gasteiger charge is -2.08. The molecule has 0 radical (unpaired) electrons. The van der Waals surface area contributed by atoms with Crippen LogP contribution in [-0.2, 0) is 6.54 Å². The van der Waals surface area contributed by atoms with Gasteiger partial charge >= 0.3 is 0 Å². The van der Waals surface area contributed by atoms with Crippen molar-refractivity contribution in [1.29, 1.82) is 5.26 Å². The van der Waals surface area contributed by atoms with Crippen LogP contribution in [0.3, 0.4) is 0 Å². The van der Waals surface area contributed by atoms with Gasteiger partial charge in [0.25, 0.3) is 0 Å². The van der Waals surface area contributed by atoms with Gasteiger partial charge in [-0.1, -0.05) is 48.2 Å². The molecule has 0 aliphatic carbocycles. The van der Waals surface area contributed by atoms with Crippen molar-refractivity contribution < 1.29 is 0 Å². The van der Waals surface area contributed by atoms with Gasteiger partial charge in [0.15, 0.2) is 11.0 Å². The van der Waals surface area contributed by atoms with Gasteiger partial charge in [-0.15, -0.1) is 16.8 Å². The maximum absolute atomic E-state index is 8.89. The van der Waals surface area contributed by atoms with E-state index in [4.69, 9.17) is 5.26 Å². The summed E-state index contributed by atoms with van der Waals surface area (Å²) in [6.07, 6.45) is 1.80. The summed E-state index contributed by atoms with van der Waals surface area (Å²) < 4.78 is 1.97. The largest absolute Gasteiger partial charge is 0.298 e. The molecule has 0 N–H and O–H groups in total. The maximum Gasteiger partial charge on any atom is 0.193 e. The minimum absolute atomic E-state index is 0.156. The first-order chi connectivity index (χ1) is 9.26. The molecule has 1 aromatic heterocycles. The van der Waals surface area contributed by atoms with Gasteiger partial charge in [0, 0.05) is 12.1 Å². The molecule has 0 saturated carbocycles. The molecule has 2 rings (SSSR count). The van der Waals surface area contributed by atoms with Crippen LogP contribution < -0.4 is 0 Å². The maximum atomic E-state index is 8.89. The standard InChI is InChI=1S/C14H14N4S/c1-3-9-18-13(12-7-5-4-6-8-12)16-17-14(18)19-11(2)10-15/h3-8,11H,1,9H2,2H3/t11-/m0/s1. The Kier molecular flexibility index (Phi) is 4.37. The number of rotatable bonds is 5. The zero-order valence-corrected chi connectivity index (χ0v) is 11.5. The fourth-order valence-corrected chi connectivity index (χ4v) is 2.40. The third-order valence-corrected chi connectivity index (χ3v) is 3.50. The van der Waals surface area contributed by atoms with E-state index in [-0.39, 0.29) is 5.25 Å². The molecule has 0 spiro atoms. The minimum atomic E-state index is -0.156. The number of hydrogen-bond donors (Lipinski definition) is 0. The van der Waals surface area contributed by atoms with E-state index in [0.29, 0.717) is 6.54 Å². The highest BCUT2D eigenvalue weighted by Gasteiger charge is 2.15. The number of nitriles is 1. The van der Waals surface area contributed by atoms with Crippen molar-refractivity contribution in [3.63, 3.8) is 0 Å². The van der Waals surface area contributed by atoms with Gasteiger partial charge in [-0.05, 0) is 6.92 Å². The molecule has 0 unspecified atom stereocenters. The quantitative estimate of drug-likeness (QED) is 0.618. The first-order valence-corrected chi connectivity index (χ1v) is 6.80. The van der Waals surface area contributed by atoms with Crippen LogP contribution in [0.25, 0.3) is 11.4 Å². The fraction of sp³-hybridized carbons (Fsp3) is 0.214. The monoisotopic (exact) mass is 270 g/mol. The van der Waals surface area contributed by atoms with E-state index in [1.54, 1.807) is 6.08 Å². The fourth-order valence-electron chi connectivity index (χ4n) is 1.65. The second kappa shape index (κ2) is 6.21. The molecule has 96 valence electrons. The summed E-state index contributed by atoms with van der Waals surface area (Å²) in [7, 11) is 0. The number of thioether (sulfide) groups is 1. The molecule has 1 atom stereocenters. The number of benzene rings is 1. The number of hydrogen-bond acceptors (Lipinski definition) is 4. The zero-order chi connectivity index (χ0) is 13.7. The van der Waals surface area contributed by atoms with Gasteiger partial charge in [0.2, 0.25) is 0 Å². The Morgan fingerprint density at radius 3 is 2.79 bits per heavy atom. The molecule has 5 heteroatoms. The van der Waals surface area contributed by atoms with E-state index in [2.05, 4.69) is 22.8 Å². The Bertz CT molecular complexity index is 598. The van der Waals surface area contributed by atoms with E-state index < -0.39 is 0 Å². The van der Waals surface area contributed by atoms with Crippen LogP contribution in [0.15, 0.2) is 48.1 Å². The van der Waals surface area contributed by atoms with Crippen LogP contribution in [0, 0.1) is 11.3 Å². The number of allylic oxidation sites excluding steroid dienone is 1. The first-order valence-electron chi connectivity index (χ1n) is 5.92. The molecule has 0 amide bonds. The van der Waals surface area contributed by atoms with E-state index in [0.717, 1.165) is 16.5 Å². The molecule has 4 nitrogen and oxygen atoms in total. The van der Waals surface area contributed by atoms with Gasteiger partial charge in [-0.25, -0.2) is 0 Å². The summed E-state index contributed by atoms with van der Waals surface area (Å²) in [5, 5.41) is 17.9. The Balaban J connectivity index is 2.40. The van der Waals surface area contributed by atoms with Gasteiger partial charge in [0.1, 0.15) is 0 Å². The molecule has 0 fully saturated rings. The van der Waals surface area contributed by atoms with Crippen LogP contribution in [0.1, 0.15) is 6.92 Å². The van der Waals surface area contributed by atoms with Crippen LogP contribution in [-0.4, -0.2) is 20.0 Å². The summed E-state index contributed by atoms with van der Waals surface area (Å²) in [6, 6.07) is 12.1. The van der Waals surface area contributed by atoms with Gasteiger partial charge in [-0.3, -0.25) is 4.57 Å². The van der Waals surface area contributed by atoms with E-state index in [9.17, 15) is 0 Å². The molecule has 2 aromatic rings. The van der Waals surface area contributed by atoms with Crippen molar-refractivity contribution in [2.75, 3.05) is 0 Å². The summed E-state index contributed by atoms with van der Waals surface area (Å²) in [4.78, 5) is 0.